The highest BCUT2D eigenvalue weighted by Crippen LogP contribution is 2.23. The van der Waals surface area contributed by atoms with E-state index in [1.54, 1.807) is 0 Å². The molecule has 0 saturated carbocycles. The van der Waals surface area contributed by atoms with Gasteiger partial charge in [-0.3, -0.25) is 14.3 Å². The number of ether oxygens (including phenoxy) is 1. The molecule has 0 aliphatic carbocycles. The Bertz CT molecular complexity index is 706. The summed E-state index contributed by atoms with van der Waals surface area (Å²) in [5.74, 6) is 0.897. The first kappa shape index (κ1) is 12.2. The maximum atomic E-state index is 11.8. The zero-order valence-corrected chi connectivity index (χ0v) is 10.7. The Kier molecular flexibility index (Phi) is 2.98. The molecule has 0 bridgehead atoms. The number of aromatic amines is 2. The number of nitrogens with zero attached hydrogens (tertiary/aromatic N) is 2. The van der Waals surface area contributed by atoms with Crippen LogP contribution in [-0.2, 0) is 11.3 Å². The van der Waals surface area contributed by atoms with Gasteiger partial charge in [0.25, 0.3) is 5.56 Å². The van der Waals surface area contributed by atoms with Gasteiger partial charge < -0.3 is 9.72 Å². The molecule has 7 heteroatoms. The first-order chi connectivity index (χ1) is 9.20. The summed E-state index contributed by atoms with van der Waals surface area (Å²) in [6.07, 6.45) is 1.97. The molecule has 7 nitrogen and oxygen atoms in total. The number of H-pyrrole nitrogens is 2. The minimum Gasteiger partial charge on any atom is -0.381 e. The van der Waals surface area contributed by atoms with Gasteiger partial charge in [-0.1, -0.05) is 0 Å². The third-order valence-electron chi connectivity index (χ3n) is 3.51. The third kappa shape index (κ3) is 1.99. The van der Waals surface area contributed by atoms with E-state index in [1.807, 2.05) is 6.92 Å². The van der Waals surface area contributed by atoms with Crippen LogP contribution in [0.4, 0.5) is 0 Å². The SMILES string of the molecule is CCn1c(=O)[nH]c(=O)c2[nH]c(C3CCCOC3)nc21. The zero-order chi connectivity index (χ0) is 13.4. The summed E-state index contributed by atoms with van der Waals surface area (Å²) in [6.45, 7) is 3.69. The molecule has 0 aromatic carbocycles. The number of hydrogen-bond acceptors (Lipinski definition) is 4. The summed E-state index contributed by atoms with van der Waals surface area (Å²) in [6, 6.07) is 0. The lowest BCUT2D eigenvalue weighted by Gasteiger charge is -2.19. The maximum absolute atomic E-state index is 11.8. The lowest BCUT2D eigenvalue weighted by molar-refractivity contribution is 0.0784. The number of aromatic nitrogens is 4. The molecule has 0 radical (unpaired) electrons. The molecular weight excluding hydrogens is 248 g/mol. The number of rotatable bonds is 2. The van der Waals surface area contributed by atoms with Crippen LogP contribution in [0.3, 0.4) is 0 Å². The van der Waals surface area contributed by atoms with Gasteiger partial charge in [-0.15, -0.1) is 0 Å². The third-order valence-corrected chi connectivity index (χ3v) is 3.51. The van der Waals surface area contributed by atoms with E-state index in [-0.39, 0.29) is 5.92 Å². The van der Waals surface area contributed by atoms with Crippen LogP contribution in [0.15, 0.2) is 9.59 Å². The summed E-state index contributed by atoms with van der Waals surface area (Å²) in [5, 5.41) is 0. The minimum atomic E-state index is -0.419. The van der Waals surface area contributed by atoms with Crippen molar-refractivity contribution in [3.8, 4) is 0 Å². The van der Waals surface area contributed by atoms with Gasteiger partial charge in [-0.2, -0.15) is 0 Å². The predicted octanol–water partition coefficient (Wildman–Crippen LogP) is 0.327. The molecule has 2 aromatic heterocycles. The lowest BCUT2D eigenvalue weighted by atomic mass is 10.0. The molecule has 2 aromatic rings. The van der Waals surface area contributed by atoms with Crippen molar-refractivity contribution in [3.63, 3.8) is 0 Å². The van der Waals surface area contributed by atoms with Gasteiger partial charge in [0.1, 0.15) is 11.3 Å². The molecule has 1 fully saturated rings. The molecule has 1 unspecified atom stereocenters. The van der Waals surface area contributed by atoms with Gasteiger partial charge in [0, 0.05) is 19.1 Å². The van der Waals surface area contributed by atoms with Crippen LogP contribution in [-0.4, -0.2) is 32.7 Å². The Hall–Kier alpha value is -1.89. The largest absolute Gasteiger partial charge is 0.381 e. The quantitative estimate of drug-likeness (QED) is 0.817. The summed E-state index contributed by atoms with van der Waals surface area (Å²) in [7, 11) is 0. The molecule has 1 saturated heterocycles. The number of aryl methyl sites for hydroxylation is 1. The first-order valence-corrected chi connectivity index (χ1v) is 6.51. The average molecular weight is 264 g/mol. The van der Waals surface area contributed by atoms with Gasteiger partial charge in [0.2, 0.25) is 0 Å². The monoisotopic (exact) mass is 264 g/mol. The minimum absolute atomic E-state index is 0.168. The Morgan fingerprint density at radius 3 is 2.95 bits per heavy atom. The van der Waals surface area contributed by atoms with Crippen molar-refractivity contribution < 1.29 is 4.74 Å². The second kappa shape index (κ2) is 4.65. The number of nitrogens with one attached hydrogen (secondary N) is 2. The van der Waals surface area contributed by atoms with E-state index in [1.165, 1.54) is 4.57 Å². The van der Waals surface area contributed by atoms with Crippen molar-refractivity contribution in [1.29, 1.82) is 0 Å². The van der Waals surface area contributed by atoms with Gasteiger partial charge >= 0.3 is 5.69 Å². The molecule has 0 spiro atoms. The number of hydrogen-bond donors (Lipinski definition) is 2. The summed E-state index contributed by atoms with van der Waals surface area (Å²) >= 11 is 0. The second-order valence-electron chi connectivity index (χ2n) is 4.74. The Balaban J connectivity index is 2.16. The Morgan fingerprint density at radius 2 is 2.26 bits per heavy atom. The van der Waals surface area contributed by atoms with Crippen molar-refractivity contribution in [2.24, 2.45) is 0 Å². The van der Waals surface area contributed by atoms with Crippen LogP contribution in [0.2, 0.25) is 0 Å². The summed E-state index contributed by atoms with van der Waals surface area (Å²) in [5.41, 5.74) is -0.0445. The van der Waals surface area contributed by atoms with Gasteiger partial charge in [0.15, 0.2) is 5.65 Å². The fourth-order valence-corrected chi connectivity index (χ4v) is 2.50. The number of imidazole rings is 1. The zero-order valence-electron chi connectivity index (χ0n) is 10.7. The maximum Gasteiger partial charge on any atom is 0.330 e. The first-order valence-electron chi connectivity index (χ1n) is 6.51. The van der Waals surface area contributed by atoms with Crippen molar-refractivity contribution in [2.45, 2.75) is 32.2 Å². The molecule has 0 amide bonds. The molecule has 1 aliphatic rings. The Morgan fingerprint density at radius 1 is 1.42 bits per heavy atom. The van der Waals surface area contributed by atoms with Crippen molar-refractivity contribution in [3.05, 3.63) is 26.7 Å². The van der Waals surface area contributed by atoms with E-state index in [4.69, 9.17) is 4.74 Å². The topological polar surface area (TPSA) is 92.8 Å². The fourth-order valence-electron chi connectivity index (χ4n) is 2.50. The molecule has 3 rings (SSSR count). The number of fused-ring (bicyclic) bond motifs is 1. The molecule has 2 N–H and O–H groups in total. The molecule has 3 heterocycles. The smallest absolute Gasteiger partial charge is 0.330 e. The van der Waals surface area contributed by atoms with Crippen LogP contribution < -0.4 is 11.2 Å². The van der Waals surface area contributed by atoms with Gasteiger partial charge in [-0.25, -0.2) is 9.78 Å². The highest BCUT2D eigenvalue weighted by atomic mass is 16.5. The van der Waals surface area contributed by atoms with Crippen LogP contribution in [0.5, 0.6) is 0 Å². The Labute approximate surface area is 108 Å². The van der Waals surface area contributed by atoms with Crippen molar-refractivity contribution in [1.82, 2.24) is 19.5 Å². The predicted molar refractivity (Wildman–Crippen MR) is 69.4 cm³/mol. The van der Waals surface area contributed by atoms with Crippen LogP contribution in [0, 0.1) is 0 Å². The molecule has 102 valence electrons. The highest BCUT2D eigenvalue weighted by molar-refractivity contribution is 5.69. The van der Waals surface area contributed by atoms with Crippen LogP contribution >= 0.6 is 0 Å². The fraction of sp³-hybridized carbons (Fsp3) is 0.583. The van der Waals surface area contributed by atoms with E-state index >= 15 is 0 Å². The van der Waals surface area contributed by atoms with Crippen LogP contribution in [0.25, 0.3) is 11.2 Å². The van der Waals surface area contributed by atoms with Crippen molar-refractivity contribution >= 4 is 11.2 Å². The van der Waals surface area contributed by atoms with E-state index in [0.717, 1.165) is 25.3 Å². The summed E-state index contributed by atoms with van der Waals surface area (Å²) < 4.78 is 6.89. The standard InChI is InChI=1S/C12H16N4O3/c1-2-16-10-8(11(17)15-12(16)18)13-9(14-10)7-4-3-5-19-6-7/h7H,2-6H2,1H3,(H,13,14)(H,15,17,18). The van der Waals surface area contributed by atoms with Crippen LogP contribution in [0.1, 0.15) is 31.5 Å². The van der Waals surface area contributed by atoms with Gasteiger partial charge in [-0.05, 0) is 19.8 Å². The summed E-state index contributed by atoms with van der Waals surface area (Å²) in [4.78, 5) is 33.3. The highest BCUT2D eigenvalue weighted by Gasteiger charge is 2.21. The molecule has 19 heavy (non-hydrogen) atoms. The molecule has 1 aliphatic heterocycles. The second-order valence-corrected chi connectivity index (χ2v) is 4.74. The van der Waals surface area contributed by atoms with E-state index in [2.05, 4.69) is 15.0 Å². The van der Waals surface area contributed by atoms with E-state index in [0.29, 0.717) is 24.3 Å². The van der Waals surface area contributed by atoms with Crippen molar-refractivity contribution in [2.75, 3.05) is 13.2 Å². The normalized spacial score (nSPS) is 19.9. The van der Waals surface area contributed by atoms with E-state index in [9.17, 15) is 9.59 Å². The van der Waals surface area contributed by atoms with E-state index < -0.39 is 11.2 Å². The lowest BCUT2D eigenvalue weighted by Crippen LogP contribution is -2.29. The molecule has 1 atom stereocenters. The molecular formula is C12H16N4O3. The average Bonchev–Trinajstić information content (AvgIpc) is 2.85. The van der Waals surface area contributed by atoms with Gasteiger partial charge in [0.05, 0.1) is 6.61 Å².